The van der Waals surface area contributed by atoms with Crippen LogP contribution in [0, 0.1) is 23.2 Å². The van der Waals surface area contributed by atoms with Crippen molar-refractivity contribution < 1.29 is 0 Å². The van der Waals surface area contributed by atoms with Crippen molar-refractivity contribution in [1.29, 1.82) is 0 Å². The highest BCUT2D eigenvalue weighted by atomic mass is 15.6. The molecule has 4 aliphatic rings. The molecule has 4 saturated carbocycles. The first-order chi connectivity index (χ1) is 9.25. The second-order valence-corrected chi connectivity index (χ2v) is 7.18. The maximum absolute atomic E-state index is 4.51. The zero-order chi connectivity index (χ0) is 12.9. The minimum atomic E-state index is 0.492. The zero-order valence-electron chi connectivity index (χ0n) is 11.7. The molecule has 4 aliphatic carbocycles. The van der Waals surface area contributed by atoms with Crippen LogP contribution in [0.1, 0.15) is 44.3 Å². The van der Waals surface area contributed by atoms with Gasteiger partial charge in [-0.1, -0.05) is 0 Å². The molecule has 0 spiro atoms. The summed E-state index contributed by atoms with van der Waals surface area (Å²) in [4.78, 5) is 1.86. The first kappa shape index (κ1) is 11.8. The molecule has 0 radical (unpaired) electrons. The van der Waals surface area contributed by atoms with Crippen molar-refractivity contribution in [3.63, 3.8) is 0 Å². The number of tetrazole rings is 1. The van der Waals surface area contributed by atoms with Crippen molar-refractivity contribution in [1.82, 2.24) is 25.5 Å². The Morgan fingerprint density at radius 2 is 1.79 bits per heavy atom. The highest BCUT2D eigenvalue weighted by molar-refractivity contribution is 5.01. The van der Waals surface area contributed by atoms with Crippen LogP contribution in [0.5, 0.6) is 0 Å². The molecule has 1 N–H and O–H groups in total. The van der Waals surface area contributed by atoms with E-state index in [9.17, 15) is 0 Å². The monoisotopic (exact) mass is 261 g/mol. The van der Waals surface area contributed by atoms with E-state index in [1.165, 1.54) is 38.5 Å². The van der Waals surface area contributed by atoms with Gasteiger partial charge >= 0.3 is 0 Å². The standard InChI is InChI=1S/C14H23N5/c1-15-8-13-16-18-19(17-13)9-14-5-10-2-11(6-14)4-12(3-10)7-14/h10-12,15H,2-9H2,1H3. The summed E-state index contributed by atoms with van der Waals surface area (Å²) in [5, 5.41) is 16.0. The highest BCUT2D eigenvalue weighted by Gasteiger charge is 2.51. The molecule has 1 heterocycles. The van der Waals surface area contributed by atoms with Crippen molar-refractivity contribution in [2.45, 2.75) is 51.6 Å². The fourth-order valence-corrected chi connectivity index (χ4v) is 5.36. The van der Waals surface area contributed by atoms with Crippen molar-refractivity contribution in [3.8, 4) is 0 Å². The smallest absolute Gasteiger partial charge is 0.188 e. The average molecular weight is 261 g/mol. The molecule has 4 bridgehead atoms. The summed E-state index contributed by atoms with van der Waals surface area (Å²) >= 11 is 0. The van der Waals surface area contributed by atoms with Crippen LogP contribution >= 0.6 is 0 Å². The molecule has 0 aliphatic heterocycles. The summed E-state index contributed by atoms with van der Waals surface area (Å²) in [7, 11) is 1.92. The van der Waals surface area contributed by atoms with E-state index in [1.807, 2.05) is 11.8 Å². The number of nitrogens with one attached hydrogen (secondary N) is 1. The van der Waals surface area contributed by atoms with E-state index in [-0.39, 0.29) is 0 Å². The van der Waals surface area contributed by atoms with Gasteiger partial charge in [-0.25, -0.2) is 0 Å². The molecule has 0 amide bonds. The Morgan fingerprint density at radius 1 is 1.16 bits per heavy atom. The Hall–Kier alpha value is -0.970. The van der Waals surface area contributed by atoms with Gasteiger partial charge in [-0.2, -0.15) is 4.80 Å². The molecule has 0 unspecified atom stereocenters. The number of hydrogen-bond donors (Lipinski definition) is 1. The van der Waals surface area contributed by atoms with Crippen LogP contribution < -0.4 is 5.32 Å². The van der Waals surface area contributed by atoms with Gasteiger partial charge < -0.3 is 5.32 Å². The Balaban J connectivity index is 1.52. The molecule has 0 aromatic carbocycles. The molecule has 4 fully saturated rings. The first-order valence-corrected chi connectivity index (χ1v) is 7.66. The second-order valence-electron chi connectivity index (χ2n) is 7.18. The topological polar surface area (TPSA) is 55.6 Å². The Morgan fingerprint density at radius 3 is 2.37 bits per heavy atom. The van der Waals surface area contributed by atoms with Crippen molar-refractivity contribution in [2.24, 2.45) is 23.2 Å². The van der Waals surface area contributed by atoms with E-state index in [1.54, 1.807) is 0 Å². The predicted molar refractivity (Wildman–Crippen MR) is 71.2 cm³/mol. The Labute approximate surface area is 114 Å². The lowest BCUT2D eigenvalue weighted by Gasteiger charge is -2.56. The molecule has 5 rings (SSSR count). The highest BCUT2D eigenvalue weighted by Crippen LogP contribution is 2.60. The lowest BCUT2D eigenvalue weighted by atomic mass is 9.49. The quantitative estimate of drug-likeness (QED) is 0.894. The molecule has 1 aromatic rings. The van der Waals surface area contributed by atoms with Crippen LogP contribution in [-0.4, -0.2) is 27.3 Å². The van der Waals surface area contributed by atoms with Crippen molar-refractivity contribution in [3.05, 3.63) is 5.82 Å². The van der Waals surface area contributed by atoms with Gasteiger partial charge in [0.1, 0.15) is 0 Å². The van der Waals surface area contributed by atoms with Crippen LogP contribution in [-0.2, 0) is 13.1 Å². The summed E-state index contributed by atoms with van der Waals surface area (Å²) < 4.78 is 0. The third-order valence-electron chi connectivity index (χ3n) is 5.47. The minimum Gasteiger partial charge on any atom is -0.313 e. The fourth-order valence-electron chi connectivity index (χ4n) is 5.36. The van der Waals surface area contributed by atoms with E-state index >= 15 is 0 Å². The fraction of sp³-hybridized carbons (Fsp3) is 0.929. The minimum absolute atomic E-state index is 0.492. The summed E-state index contributed by atoms with van der Waals surface area (Å²) in [6, 6.07) is 0. The van der Waals surface area contributed by atoms with E-state index in [4.69, 9.17) is 0 Å². The first-order valence-electron chi connectivity index (χ1n) is 7.66. The van der Waals surface area contributed by atoms with Crippen LogP contribution in [0.3, 0.4) is 0 Å². The van der Waals surface area contributed by atoms with Gasteiger partial charge in [-0.05, 0) is 74.0 Å². The molecule has 104 valence electrons. The van der Waals surface area contributed by atoms with Gasteiger partial charge in [0.05, 0.1) is 13.1 Å². The zero-order valence-corrected chi connectivity index (χ0v) is 11.7. The van der Waals surface area contributed by atoms with Crippen LogP contribution in [0.2, 0.25) is 0 Å². The van der Waals surface area contributed by atoms with Crippen LogP contribution in [0.4, 0.5) is 0 Å². The molecule has 1 aromatic heterocycles. The number of nitrogens with zero attached hydrogens (tertiary/aromatic N) is 4. The summed E-state index contributed by atoms with van der Waals surface area (Å²) in [6.07, 6.45) is 8.70. The number of rotatable bonds is 4. The Kier molecular flexibility index (Phi) is 2.65. The molecular weight excluding hydrogens is 238 g/mol. The largest absolute Gasteiger partial charge is 0.313 e. The summed E-state index contributed by atoms with van der Waals surface area (Å²) in [5.74, 6) is 3.79. The lowest BCUT2D eigenvalue weighted by molar-refractivity contribution is -0.0657. The maximum atomic E-state index is 4.51. The average Bonchev–Trinajstić information content (AvgIpc) is 2.74. The van der Waals surface area contributed by atoms with E-state index in [0.717, 1.165) is 30.1 Å². The van der Waals surface area contributed by atoms with E-state index in [0.29, 0.717) is 12.0 Å². The number of hydrogen-bond acceptors (Lipinski definition) is 4. The van der Waals surface area contributed by atoms with Gasteiger partial charge in [0.25, 0.3) is 0 Å². The Bertz CT molecular complexity index is 431. The van der Waals surface area contributed by atoms with Crippen LogP contribution in [0.15, 0.2) is 0 Å². The molecule has 19 heavy (non-hydrogen) atoms. The number of aromatic nitrogens is 4. The van der Waals surface area contributed by atoms with Crippen molar-refractivity contribution >= 4 is 0 Å². The third kappa shape index (κ3) is 2.08. The van der Waals surface area contributed by atoms with Crippen LogP contribution in [0.25, 0.3) is 0 Å². The van der Waals surface area contributed by atoms with E-state index < -0.39 is 0 Å². The molecular formula is C14H23N5. The molecule has 5 heteroatoms. The van der Waals surface area contributed by atoms with Crippen molar-refractivity contribution in [2.75, 3.05) is 7.05 Å². The van der Waals surface area contributed by atoms with Gasteiger partial charge in [-0.15, -0.1) is 10.2 Å². The molecule has 5 nitrogen and oxygen atoms in total. The summed E-state index contributed by atoms with van der Waals surface area (Å²) in [5.41, 5.74) is 0.492. The SMILES string of the molecule is CNCc1nnn(CC23CC4CC(CC(C4)C2)C3)n1. The van der Waals surface area contributed by atoms with Gasteiger partial charge in [0.2, 0.25) is 0 Å². The lowest BCUT2D eigenvalue weighted by Crippen LogP contribution is -2.48. The van der Waals surface area contributed by atoms with Gasteiger partial charge in [0.15, 0.2) is 5.82 Å². The van der Waals surface area contributed by atoms with Gasteiger partial charge in [-0.3, -0.25) is 0 Å². The molecule has 0 atom stereocenters. The molecule has 0 saturated heterocycles. The second kappa shape index (κ2) is 4.27. The summed E-state index contributed by atoms with van der Waals surface area (Å²) in [6.45, 7) is 1.70. The maximum Gasteiger partial charge on any atom is 0.188 e. The van der Waals surface area contributed by atoms with Gasteiger partial charge in [0, 0.05) is 0 Å². The third-order valence-corrected chi connectivity index (χ3v) is 5.47. The normalized spacial score (nSPS) is 39.9. The predicted octanol–water partition coefficient (Wildman–Crippen LogP) is 1.61. The van der Waals surface area contributed by atoms with E-state index in [2.05, 4.69) is 20.7 Å².